The van der Waals surface area contributed by atoms with Gasteiger partial charge in [-0.15, -0.1) is 0 Å². The fraction of sp³-hybridized carbons (Fsp3) is 0.333. The van der Waals surface area contributed by atoms with E-state index >= 15 is 0 Å². The van der Waals surface area contributed by atoms with E-state index in [4.69, 9.17) is 21.1 Å². The lowest BCUT2D eigenvalue weighted by Crippen LogP contribution is -2.39. The first-order chi connectivity index (χ1) is 26.4. The molecule has 0 radical (unpaired) electrons. The molecule has 1 saturated carbocycles. The highest BCUT2D eigenvalue weighted by Gasteiger charge is 2.42. The van der Waals surface area contributed by atoms with E-state index in [9.17, 15) is 9.59 Å². The van der Waals surface area contributed by atoms with Crippen LogP contribution >= 0.6 is 11.6 Å². The lowest BCUT2D eigenvalue weighted by molar-refractivity contribution is -0.154. The second-order valence-corrected chi connectivity index (χ2v) is 15.4. The Bertz CT molecular complexity index is 1970. The molecule has 0 saturated heterocycles. The lowest BCUT2D eigenvalue weighted by Gasteiger charge is -2.36. The SMILES string of the molecule is CC(CC(=O)OC(c1ccccc1)(c1ccc(C2CCCCCCCCC2)cc1)c1ccccc1Cl)NC(=O)OCC1c2ccccc2-c2ccccc21. The smallest absolute Gasteiger partial charge is 0.407 e. The Balaban J connectivity index is 1.10. The molecule has 1 fully saturated rings. The van der Waals surface area contributed by atoms with Gasteiger partial charge in [0, 0.05) is 33.7 Å². The molecule has 2 atom stereocenters. The summed E-state index contributed by atoms with van der Waals surface area (Å²) in [6, 6.07) is 41.9. The number of hydrogen-bond donors (Lipinski definition) is 1. The summed E-state index contributed by atoms with van der Waals surface area (Å²) in [7, 11) is 0. The van der Waals surface area contributed by atoms with E-state index in [1.54, 1.807) is 6.92 Å². The molecule has 0 heterocycles. The molecule has 0 aliphatic heterocycles. The van der Waals surface area contributed by atoms with Crippen molar-refractivity contribution in [2.24, 2.45) is 0 Å². The third-order valence-corrected chi connectivity index (χ3v) is 11.6. The number of fused-ring (bicyclic) bond motifs is 3. The first kappa shape index (κ1) is 37.4. The van der Waals surface area contributed by atoms with E-state index in [-0.39, 0.29) is 18.9 Å². The van der Waals surface area contributed by atoms with Gasteiger partial charge in [0.15, 0.2) is 5.60 Å². The minimum atomic E-state index is -1.32. The molecule has 1 amide bonds. The van der Waals surface area contributed by atoms with E-state index in [0.29, 0.717) is 16.5 Å². The molecule has 54 heavy (non-hydrogen) atoms. The van der Waals surface area contributed by atoms with Crippen LogP contribution in [0.3, 0.4) is 0 Å². The predicted molar refractivity (Wildman–Crippen MR) is 217 cm³/mol. The van der Waals surface area contributed by atoms with Crippen molar-refractivity contribution in [2.75, 3.05) is 6.61 Å². The van der Waals surface area contributed by atoms with Gasteiger partial charge in [-0.3, -0.25) is 4.79 Å². The minimum absolute atomic E-state index is 0.0574. The zero-order valence-electron chi connectivity index (χ0n) is 31.1. The van der Waals surface area contributed by atoms with Gasteiger partial charge in [-0.1, -0.05) is 178 Å². The van der Waals surface area contributed by atoms with Crippen LogP contribution in [-0.2, 0) is 19.9 Å². The average Bonchev–Trinajstić information content (AvgIpc) is 3.52. The summed E-state index contributed by atoms with van der Waals surface area (Å²) in [6.45, 7) is 1.98. The number of nitrogens with one attached hydrogen (secondary N) is 1. The van der Waals surface area contributed by atoms with E-state index in [1.807, 2.05) is 78.9 Å². The van der Waals surface area contributed by atoms with Crippen LogP contribution in [0.2, 0.25) is 5.02 Å². The van der Waals surface area contributed by atoms with Crippen LogP contribution in [0, 0.1) is 0 Å². The van der Waals surface area contributed by atoms with Gasteiger partial charge in [0.1, 0.15) is 6.61 Å². The zero-order valence-corrected chi connectivity index (χ0v) is 31.9. The predicted octanol–water partition coefficient (Wildman–Crippen LogP) is 12.1. The Morgan fingerprint density at radius 1 is 0.685 bits per heavy atom. The normalized spacial score (nSPS) is 16.6. The van der Waals surface area contributed by atoms with Crippen LogP contribution in [0.15, 0.2) is 127 Å². The van der Waals surface area contributed by atoms with Crippen molar-refractivity contribution < 1.29 is 19.1 Å². The van der Waals surface area contributed by atoms with E-state index in [1.165, 1.54) is 74.5 Å². The summed E-state index contributed by atoms with van der Waals surface area (Å²) in [5.74, 6) is -0.0179. The van der Waals surface area contributed by atoms with Crippen molar-refractivity contribution in [2.45, 2.75) is 94.6 Å². The maximum absolute atomic E-state index is 14.1. The Kier molecular flexibility index (Phi) is 12.1. The number of carbonyl (C=O) groups excluding carboxylic acids is 2. The minimum Gasteiger partial charge on any atom is -0.449 e. The van der Waals surface area contributed by atoms with Crippen molar-refractivity contribution in [3.63, 3.8) is 0 Å². The number of rotatable bonds is 10. The van der Waals surface area contributed by atoms with E-state index in [0.717, 1.165) is 22.3 Å². The molecule has 0 aromatic heterocycles. The Morgan fingerprint density at radius 2 is 1.22 bits per heavy atom. The standard InChI is InChI=1S/C48H50ClNO4/c1-34(50-47(52)53-33-43-41-24-14-12-22-39(41)40-23-13-15-25-42(40)43)32-46(51)54-48(37-20-10-7-11-21-37,44-26-16-17-27-45(44)49)38-30-28-36(29-31-38)35-18-8-5-3-2-4-6-9-19-35/h7,10-17,20-31,34-35,43H,2-6,8-9,18-19,32-33H2,1H3,(H,50,52). The van der Waals surface area contributed by atoms with E-state index in [2.05, 4.69) is 53.8 Å². The Morgan fingerprint density at radius 3 is 1.85 bits per heavy atom. The number of hydrogen-bond acceptors (Lipinski definition) is 4. The van der Waals surface area contributed by atoms with Crippen LogP contribution < -0.4 is 5.32 Å². The summed E-state index contributed by atoms with van der Waals surface area (Å²) in [6.07, 6.45) is 10.8. The van der Waals surface area contributed by atoms with Gasteiger partial charge in [-0.2, -0.15) is 0 Å². The number of alkyl carbamates (subject to hydrolysis) is 1. The lowest BCUT2D eigenvalue weighted by atomic mass is 9.78. The number of benzene rings is 5. The Labute approximate surface area is 325 Å². The van der Waals surface area contributed by atoms with Crippen LogP contribution in [0.4, 0.5) is 4.79 Å². The highest BCUT2D eigenvalue weighted by molar-refractivity contribution is 6.31. The molecule has 5 aromatic carbocycles. The number of ether oxygens (including phenoxy) is 2. The summed E-state index contributed by atoms with van der Waals surface area (Å²) in [4.78, 5) is 27.3. The Hall–Kier alpha value is -4.87. The molecule has 2 unspecified atom stereocenters. The number of esters is 1. The molecule has 2 aliphatic rings. The second kappa shape index (κ2) is 17.5. The van der Waals surface area contributed by atoms with Crippen LogP contribution in [0.1, 0.15) is 116 Å². The molecule has 278 valence electrons. The van der Waals surface area contributed by atoms with Crippen molar-refractivity contribution in [3.05, 3.63) is 166 Å². The molecular weight excluding hydrogens is 690 g/mol. The first-order valence-electron chi connectivity index (χ1n) is 19.7. The van der Waals surface area contributed by atoms with Gasteiger partial charge >= 0.3 is 12.1 Å². The fourth-order valence-electron chi connectivity index (χ4n) is 8.56. The van der Waals surface area contributed by atoms with Crippen molar-refractivity contribution >= 4 is 23.7 Å². The largest absolute Gasteiger partial charge is 0.449 e. The van der Waals surface area contributed by atoms with Crippen LogP contribution in [0.5, 0.6) is 0 Å². The summed E-state index contributed by atoms with van der Waals surface area (Å²) < 4.78 is 12.5. The molecule has 2 aliphatic carbocycles. The van der Waals surface area contributed by atoms with Gasteiger partial charge in [0.25, 0.3) is 0 Å². The van der Waals surface area contributed by atoms with Gasteiger partial charge in [-0.25, -0.2) is 4.79 Å². The third-order valence-electron chi connectivity index (χ3n) is 11.3. The van der Waals surface area contributed by atoms with Gasteiger partial charge in [0.2, 0.25) is 0 Å². The quantitative estimate of drug-likeness (QED) is 0.114. The zero-order chi connectivity index (χ0) is 37.3. The molecule has 0 bridgehead atoms. The van der Waals surface area contributed by atoms with Crippen molar-refractivity contribution in [3.8, 4) is 11.1 Å². The fourth-order valence-corrected chi connectivity index (χ4v) is 8.83. The number of carbonyl (C=O) groups is 2. The number of amides is 1. The first-order valence-corrected chi connectivity index (χ1v) is 20.1. The average molecular weight is 740 g/mol. The third kappa shape index (κ3) is 8.27. The molecule has 0 spiro atoms. The highest BCUT2D eigenvalue weighted by Crippen LogP contribution is 2.46. The molecular formula is C48H50ClNO4. The highest BCUT2D eigenvalue weighted by atomic mass is 35.5. The summed E-state index contributed by atoms with van der Waals surface area (Å²) in [5.41, 5.74) is 6.90. The van der Waals surface area contributed by atoms with Crippen molar-refractivity contribution in [1.29, 1.82) is 0 Å². The van der Waals surface area contributed by atoms with Crippen LogP contribution in [0.25, 0.3) is 11.1 Å². The molecule has 1 N–H and O–H groups in total. The molecule has 6 heteroatoms. The van der Waals surface area contributed by atoms with Crippen LogP contribution in [-0.4, -0.2) is 24.7 Å². The van der Waals surface area contributed by atoms with Crippen molar-refractivity contribution in [1.82, 2.24) is 5.32 Å². The summed E-state index contributed by atoms with van der Waals surface area (Å²) >= 11 is 6.97. The van der Waals surface area contributed by atoms with Gasteiger partial charge in [-0.05, 0) is 59.6 Å². The molecule has 5 aromatic rings. The second-order valence-electron chi connectivity index (χ2n) is 14.9. The molecule has 5 nitrogen and oxygen atoms in total. The molecule has 7 rings (SSSR count). The monoisotopic (exact) mass is 739 g/mol. The van der Waals surface area contributed by atoms with Gasteiger partial charge < -0.3 is 14.8 Å². The summed E-state index contributed by atoms with van der Waals surface area (Å²) in [5, 5.41) is 3.37. The maximum Gasteiger partial charge on any atom is 0.407 e. The maximum atomic E-state index is 14.1. The van der Waals surface area contributed by atoms with Gasteiger partial charge in [0.05, 0.1) is 6.42 Å². The topological polar surface area (TPSA) is 64.6 Å². The van der Waals surface area contributed by atoms with E-state index < -0.39 is 23.7 Å². The number of halogens is 1.